The van der Waals surface area contributed by atoms with Gasteiger partial charge in [-0.3, -0.25) is 4.79 Å². The first kappa shape index (κ1) is 15.4. The highest BCUT2D eigenvalue weighted by Gasteiger charge is 2.18. The van der Waals surface area contributed by atoms with Crippen molar-refractivity contribution in [3.05, 3.63) is 57.6 Å². The third kappa shape index (κ3) is 3.03. The zero-order chi connectivity index (χ0) is 15.6. The summed E-state index contributed by atoms with van der Waals surface area (Å²) in [6, 6.07) is 8.80. The van der Waals surface area contributed by atoms with Crippen molar-refractivity contribution in [2.24, 2.45) is 0 Å². The molecule has 0 N–H and O–H groups in total. The summed E-state index contributed by atoms with van der Waals surface area (Å²) in [5, 5.41) is 0.544. The van der Waals surface area contributed by atoms with Crippen LogP contribution in [0.2, 0.25) is 5.02 Å². The van der Waals surface area contributed by atoms with Crippen LogP contribution in [0.3, 0.4) is 0 Å². The van der Waals surface area contributed by atoms with E-state index >= 15 is 0 Å². The number of carbonyl (C=O) groups is 1. The maximum absolute atomic E-state index is 12.8. The maximum Gasteiger partial charge on any atom is 0.193 e. The monoisotopic (exact) mass is 304 g/mol. The Bertz CT molecular complexity index is 693. The van der Waals surface area contributed by atoms with E-state index in [1.165, 1.54) is 0 Å². The topological polar surface area (TPSA) is 35.5 Å². The number of hydrogen-bond donors (Lipinski definition) is 0. The van der Waals surface area contributed by atoms with Gasteiger partial charge in [-0.2, -0.15) is 0 Å². The molecule has 0 fully saturated rings. The number of hydrogen-bond acceptors (Lipinski definition) is 3. The smallest absolute Gasteiger partial charge is 0.193 e. The van der Waals surface area contributed by atoms with Crippen LogP contribution in [0.4, 0.5) is 0 Å². The summed E-state index contributed by atoms with van der Waals surface area (Å²) >= 11 is 6.00. The highest BCUT2D eigenvalue weighted by Crippen LogP contribution is 2.32. The number of ketones is 1. The standard InChI is InChI=1S/C17H17ClO3/c1-10-5-6-12(18)8-13(10)17(19)14-9-16(21-4)15(20-3)7-11(14)2/h5-9H,1-4H3. The summed E-state index contributed by atoms with van der Waals surface area (Å²) in [6.07, 6.45) is 0. The van der Waals surface area contributed by atoms with E-state index in [2.05, 4.69) is 0 Å². The largest absolute Gasteiger partial charge is 0.493 e. The van der Waals surface area contributed by atoms with Crippen LogP contribution < -0.4 is 9.47 Å². The second-order valence-electron chi connectivity index (χ2n) is 4.81. The van der Waals surface area contributed by atoms with Crippen molar-refractivity contribution in [1.82, 2.24) is 0 Å². The Kier molecular flexibility index (Phi) is 4.53. The number of methoxy groups -OCH3 is 2. The average Bonchev–Trinajstić information content (AvgIpc) is 2.48. The lowest BCUT2D eigenvalue weighted by atomic mass is 9.95. The SMILES string of the molecule is COc1cc(C)c(C(=O)c2cc(Cl)ccc2C)cc1OC. The first-order valence-corrected chi connectivity index (χ1v) is 6.89. The van der Waals surface area contributed by atoms with Crippen molar-refractivity contribution in [3.63, 3.8) is 0 Å². The van der Waals surface area contributed by atoms with Gasteiger partial charge in [0.15, 0.2) is 17.3 Å². The Morgan fingerprint density at radius 1 is 0.905 bits per heavy atom. The van der Waals surface area contributed by atoms with Crippen LogP contribution in [0, 0.1) is 13.8 Å². The quantitative estimate of drug-likeness (QED) is 0.794. The normalized spacial score (nSPS) is 10.3. The molecule has 0 aliphatic heterocycles. The number of carbonyl (C=O) groups excluding carboxylic acids is 1. The van der Waals surface area contributed by atoms with Gasteiger partial charge in [-0.15, -0.1) is 0 Å². The van der Waals surface area contributed by atoms with Crippen LogP contribution in [-0.2, 0) is 0 Å². The first-order chi connectivity index (χ1) is 9.97. The molecule has 0 saturated heterocycles. The van der Waals surface area contributed by atoms with Gasteiger partial charge in [0.1, 0.15) is 0 Å². The summed E-state index contributed by atoms with van der Waals surface area (Å²) in [6.45, 7) is 3.76. The van der Waals surface area contributed by atoms with Gasteiger partial charge < -0.3 is 9.47 Å². The second-order valence-corrected chi connectivity index (χ2v) is 5.25. The van der Waals surface area contributed by atoms with E-state index in [0.717, 1.165) is 11.1 Å². The van der Waals surface area contributed by atoms with E-state index in [0.29, 0.717) is 27.6 Å². The fourth-order valence-corrected chi connectivity index (χ4v) is 2.38. The molecule has 0 radical (unpaired) electrons. The molecule has 0 heterocycles. The number of halogens is 1. The van der Waals surface area contributed by atoms with E-state index in [9.17, 15) is 4.79 Å². The van der Waals surface area contributed by atoms with Crippen LogP contribution in [0.5, 0.6) is 11.5 Å². The molecule has 2 aromatic carbocycles. The fourth-order valence-electron chi connectivity index (χ4n) is 2.21. The van der Waals surface area contributed by atoms with Gasteiger partial charge in [-0.1, -0.05) is 17.7 Å². The van der Waals surface area contributed by atoms with Crippen molar-refractivity contribution in [2.75, 3.05) is 14.2 Å². The predicted octanol–water partition coefficient (Wildman–Crippen LogP) is 4.21. The molecule has 4 heteroatoms. The van der Waals surface area contributed by atoms with E-state index in [1.807, 2.05) is 19.9 Å². The summed E-state index contributed by atoms with van der Waals surface area (Å²) in [5.41, 5.74) is 2.89. The summed E-state index contributed by atoms with van der Waals surface area (Å²) in [7, 11) is 3.12. The highest BCUT2D eigenvalue weighted by atomic mass is 35.5. The molecule has 0 atom stereocenters. The van der Waals surface area contributed by atoms with E-state index in [1.54, 1.807) is 38.5 Å². The molecule has 0 spiro atoms. The Balaban J connectivity index is 2.55. The van der Waals surface area contributed by atoms with Gasteiger partial charge >= 0.3 is 0 Å². The minimum atomic E-state index is -0.0755. The highest BCUT2D eigenvalue weighted by molar-refractivity contribution is 6.31. The van der Waals surface area contributed by atoms with Gasteiger partial charge in [0, 0.05) is 16.1 Å². The molecule has 0 saturated carbocycles. The first-order valence-electron chi connectivity index (χ1n) is 6.51. The van der Waals surface area contributed by atoms with Gasteiger partial charge in [0.2, 0.25) is 0 Å². The summed E-state index contributed by atoms with van der Waals surface area (Å²) < 4.78 is 10.5. The molecule has 0 unspecified atom stereocenters. The zero-order valence-corrected chi connectivity index (χ0v) is 13.2. The lowest BCUT2D eigenvalue weighted by Crippen LogP contribution is -2.07. The van der Waals surface area contributed by atoms with Crippen LogP contribution >= 0.6 is 11.6 Å². The van der Waals surface area contributed by atoms with Crippen molar-refractivity contribution < 1.29 is 14.3 Å². The lowest BCUT2D eigenvalue weighted by Gasteiger charge is -2.13. The Labute approximate surface area is 129 Å². The number of ether oxygens (including phenoxy) is 2. The summed E-state index contributed by atoms with van der Waals surface area (Å²) in [5.74, 6) is 1.06. The molecule has 0 amide bonds. The van der Waals surface area contributed by atoms with Crippen LogP contribution in [0.1, 0.15) is 27.0 Å². The van der Waals surface area contributed by atoms with Gasteiger partial charge in [-0.05, 0) is 49.2 Å². The number of aryl methyl sites for hydroxylation is 2. The van der Waals surface area contributed by atoms with Crippen molar-refractivity contribution in [2.45, 2.75) is 13.8 Å². The molecular formula is C17H17ClO3. The Hall–Kier alpha value is -2.00. The van der Waals surface area contributed by atoms with Gasteiger partial charge in [0.25, 0.3) is 0 Å². The van der Waals surface area contributed by atoms with E-state index in [4.69, 9.17) is 21.1 Å². The minimum absolute atomic E-state index is 0.0755. The molecule has 0 aliphatic rings. The molecule has 21 heavy (non-hydrogen) atoms. The molecule has 0 aromatic heterocycles. The second kappa shape index (κ2) is 6.19. The zero-order valence-electron chi connectivity index (χ0n) is 12.5. The third-order valence-corrected chi connectivity index (χ3v) is 3.65. The molecule has 0 aliphatic carbocycles. The minimum Gasteiger partial charge on any atom is -0.493 e. The van der Waals surface area contributed by atoms with Crippen molar-refractivity contribution in [1.29, 1.82) is 0 Å². The van der Waals surface area contributed by atoms with E-state index in [-0.39, 0.29) is 5.78 Å². The third-order valence-electron chi connectivity index (χ3n) is 3.42. The molecule has 110 valence electrons. The molecule has 2 aromatic rings. The molecule has 0 bridgehead atoms. The maximum atomic E-state index is 12.8. The Morgan fingerprint density at radius 2 is 1.48 bits per heavy atom. The van der Waals surface area contributed by atoms with Crippen molar-refractivity contribution >= 4 is 17.4 Å². The Morgan fingerprint density at radius 3 is 2.10 bits per heavy atom. The van der Waals surface area contributed by atoms with Crippen LogP contribution in [0.25, 0.3) is 0 Å². The fraction of sp³-hybridized carbons (Fsp3) is 0.235. The molecule has 3 nitrogen and oxygen atoms in total. The number of rotatable bonds is 4. The van der Waals surface area contributed by atoms with Crippen LogP contribution in [-0.4, -0.2) is 20.0 Å². The van der Waals surface area contributed by atoms with Crippen LogP contribution in [0.15, 0.2) is 30.3 Å². The van der Waals surface area contributed by atoms with Gasteiger partial charge in [-0.25, -0.2) is 0 Å². The molecular weight excluding hydrogens is 288 g/mol. The molecule has 2 rings (SSSR count). The van der Waals surface area contributed by atoms with Gasteiger partial charge in [0.05, 0.1) is 14.2 Å². The number of benzene rings is 2. The van der Waals surface area contributed by atoms with E-state index < -0.39 is 0 Å². The van der Waals surface area contributed by atoms with Crippen molar-refractivity contribution in [3.8, 4) is 11.5 Å². The summed E-state index contributed by atoms with van der Waals surface area (Å²) in [4.78, 5) is 12.8. The average molecular weight is 305 g/mol. The predicted molar refractivity (Wildman–Crippen MR) is 83.9 cm³/mol. The lowest BCUT2D eigenvalue weighted by molar-refractivity contribution is 0.103.